The van der Waals surface area contributed by atoms with Crippen molar-refractivity contribution in [1.29, 1.82) is 0 Å². The zero-order valence-electron chi connectivity index (χ0n) is 16.9. The second-order valence-electron chi connectivity index (χ2n) is 5.46. The van der Waals surface area contributed by atoms with Gasteiger partial charge >= 0.3 is 11.9 Å². The van der Waals surface area contributed by atoms with Crippen molar-refractivity contribution in [1.82, 2.24) is 0 Å². The van der Waals surface area contributed by atoms with E-state index >= 15 is 0 Å². The largest absolute Gasteiger partial charge is 0.493 e. The normalized spacial score (nSPS) is 9.71. The Kier molecular flexibility index (Phi) is 12.8. The molecule has 158 valence electrons. The second-order valence-corrected chi connectivity index (χ2v) is 5.46. The van der Waals surface area contributed by atoms with Crippen molar-refractivity contribution in [3.63, 3.8) is 0 Å². The first-order valence-electron chi connectivity index (χ1n) is 9.28. The van der Waals surface area contributed by atoms with Crippen LogP contribution in [-0.2, 0) is 9.53 Å². The van der Waals surface area contributed by atoms with Gasteiger partial charge in [-0.1, -0.05) is 20.8 Å². The Morgan fingerprint density at radius 3 is 2.32 bits per heavy atom. The van der Waals surface area contributed by atoms with Crippen molar-refractivity contribution in [2.75, 3.05) is 20.3 Å². The molecule has 0 amide bonds. The van der Waals surface area contributed by atoms with E-state index in [9.17, 15) is 19.7 Å². The molecule has 0 aliphatic carbocycles. The summed E-state index contributed by atoms with van der Waals surface area (Å²) in [6.45, 7) is 6.60. The van der Waals surface area contributed by atoms with Crippen LogP contribution in [0.1, 0.15) is 63.2 Å². The van der Waals surface area contributed by atoms with Crippen molar-refractivity contribution in [2.24, 2.45) is 0 Å². The first-order valence-corrected chi connectivity index (χ1v) is 9.28. The number of carboxylic acids is 1. The molecule has 0 aliphatic rings. The van der Waals surface area contributed by atoms with Crippen LogP contribution in [0.3, 0.4) is 0 Å². The molecule has 0 aromatic heterocycles. The molecule has 0 saturated heterocycles. The summed E-state index contributed by atoms with van der Waals surface area (Å²) in [7, 11) is 1.32. The van der Waals surface area contributed by atoms with Crippen LogP contribution in [-0.4, -0.2) is 42.3 Å². The monoisotopic (exact) mass is 399 g/mol. The molecule has 0 bridgehead atoms. The van der Waals surface area contributed by atoms with Crippen LogP contribution in [0, 0.1) is 10.1 Å². The number of nitro groups is 1. The third-order valence-corrected chi connectivity index (χ3v) is 3.46. The van der Waals surface area contributed by atoms with Gasteiger partial charge in [-0.05, 0) is 25.7 Å². The number of methoxy groups -OCH3 is 1. The Morgan fingerprint density at radius 2 is 1.79 bits per heavy atom. The van der Waals surface area contributed by atoms with Crippen molar-refractivity contribution in [3.8, 4) is 11.5 Å². The van der Waals surface area contributed by atoms with Gasteiger partial charge in [-0.25, -0.2) is 4.79 Å². The zero-order chi connectivity index (χ0) is 21.5. The first kappa shape index (κ1) is 25.2. The molecule has 28 heavy (non-hydrogen) atoms. The number of carboxylic acid groups (broad SMARTS) is 1. The summed E-state index contributed by atoms with van der Waals surface area (Å²) in [5, 5.41) is 20.1. The average molecular weight is 399 g/mol. The van der Waals surface area contributed by atoms with E-state index in [-0.39, 0.29) is 24.1 Å². The van der Waals surface area contributed by atoms with Crippen LogP contribution in [0.15, 0.2) is 12.1 Å². The number of nitro benzene ring substituents is 1. The van der Waals surface area contributed by atoms with E-state index < -0.39 is 22.1 Å². The topological polar surface area (TPSA) is 125 Å². The van der Waals surface area contributed by atoms with Crippen molar-refractivity contribution < 1.29 is 33.8 Å². The highest BCUT2D eigenvalue weighted by molar-refractivity contribution is 5.93. The maximum Gasteiger partial charge on any atom is 0.342 e. The van der Waals surface area contributed by atoms with Gasteiger partial charge < -0.3 is 19.3 Å². The predicted molar refractivity (Wildman–Crippen MR) is 103 cm³/mol. The maximum absolute atomic E-state index is 11.3. The van der Waals surface area contributed by atoms with Gasteiger partial charge in [0.15, 0.2) is 11.5 Å². The fourth-order valence-electron chi connectivity index (χ4n) is 2.16. The number of nitrogens with zero attached hydrogens (tertiary/aromatic N) is 1. The molecule has 0 heterocycles. The van der Waals surface area contributed by atoms with E-state index in [1.165, 1.54) is 7.11 Å². The molecular weight excluding hydrogens is 370 g/mol. The Hall–Kier alpha value is -2.84. The number of ether oxygens (including phenoxy) is 3. The number of rotatable bonds is 12. The minimum absolute atomic E-state index is 0.103. The average Bonchev–Trinajstić information content (AvgIpc) is 2.69. The predicted octanol–water partition coefficient (Wildman–Crippen LogP) is 4.22. The van der Waals surface area contributed by atoms with Crippen molar-refractivity contribution in [2.45, 2.75) is 52.9 Å². The molecule has 9 heteroatoms. The summed E-state index contributed by atoms with van der Waals surface area (Å²) in [6.07, 6.45) is 3.12. The van der Waals surface area contributed by atoms with Crippen molar-refractivity contribution >= 4 is 17.6 Å². The molecule has 0 radical (unpaired) electrons. The van der Waals surface area contributed by atoms with Gasteiger partial charge in [0.2, 0.25) is 0 Å². The van der Waals surface area contributed by atoms with E-state index in [1.807, 2.05) is 20.8 Å². The Morgan fingerprint density at radius 1 is 1.11 bits per heavy atom. The van der Waals surface area contributed by atoms with Gasteiger partial charge in [0.1, 0.15) is 5.56 Å². The zero-order valence-corrected chi connectivity index (χ0v) is 16.9. The van der Waals surface area contributed by atoms with Crippen LogP contribution >= 0.6 is 0 Å². The third-order valence-electron chi connectivity index (χ3n) is 3.46. The lowest BCUT2D eigenvalue weighted by Crippen LogP contribution is -2.07. The molecule has 1 aromatic rings. The number of hydrogen-bond acceptors (Lipinski definition) is 7. The smallest absolute Gasteiger partial charge is 0.342 e. The maximum atomic E-state index is 11.3. The highest BCUT2D eigenvalue weighted by atomic mass is 16.6. The number of unbranched alkanes of at least 4 members (excludes halogenated alkanes) is 2. The number of benzene rings is 1. The summed E-state index contributed by atoms with van der Waals surface area (Å²) in [5.74, 6) is -1.44. The van der Waals surface area contributed by atoms with Gasteiger partial charge in [0.25, 0.3) is 5.69 Å². The van der Waals surface area contributed by atoms with E-state index in [4.69, 9.17) is 19.3 Å². The van der Waals surface area contributed by atoms with Gasteiger partial charge in [-0.2, -0.15) is 0 Å². The van der Waals surface area contributed by atoms with Gasteiger partial charge in [0, 0.05) is 12.5 Å². The van der Waals surface area contributed by atoms with Crippen LogP contribution in [0.5, 0.6) is 11.5 Å². The number of aromatic carboxylic acids is 1. The van der Waals surface area contributed by atoms with E-state index in [0.29, 0.717) is 25.9 Å². The first-order chi connectivity index (χ1) is 13.4. The van der Waals surface area contributed by atoms with Crippen LogP contribution in [0.25, 0.3) is 0 Å². The summed E-state index contributed by atoms with van der Waals surface area (Å²) in [5.41, 5.74) is -1.03. The second kappa shape index (κ2) is 14.2. The quantitative estimate of drug-likeness (QED) is 0.240. The molecule has 1 rings (SSSR count). The summed E-state index contributed by atoms with van der Waals surface area (Å²) in [6, 6.07) is 2.12. The molecule has 0 saturated carbocycles. The van der Waals surface area contributed by atoms with Crippen LogP contribution < -0.4 is 9.47 Å². The number of esters is 1. The standard InChI is InChI=1S/C17H23NO8.C2H6/c1-3-8-26-16(19)7-5-4-6-9-25-15-11-13(18(22)23)12(17(20)21)10-14(15)24-2;1-2/h10-11H,3-9H2,1-2H3,(H,20,21);1-2H3. The minimum atomic E-state index is -1.42. The molecule has 0 unspecified atom stereocenters. The van der Waals surface area contributed by atoms with Crippen molar-refractivity contribution in [3.05, 3.63) is 27.8 Å². The lowest BCUT2D eigenvalue weighted by molar-refractivity contribution is -0.385. The molecule has 0 spiro atoms. The molecule has 1 aromatic carbocycles. The summed E-state index contributed by atoms with van der Waals surface area (Å²) < 4.78 is 15.5. The highest BCUT2D eigenvalue weighted by Crippen LogP contribution is 2.34. The minimum Gasteiger partial charge on any atom is -0.493 e. The van der Waals surface area contributed by atoms with Crippen LogP contribution in [0.2, 0.25) is 0 Å². The van der Waals surface area contributed by atoms with Gasteiger partial charge in [0.05, 0.1) is 31.3 Å². The van der Waals surface area contributed by atoms with Gasteiger partial charge in [-0.3, -0.25) is 14.9 Å². The van der Waals surface area contributed by atoms with E-state index in [0.717, 1.165) is 25.0 Å². The molecule has 0 aliphatic heterocycles. The summed E-state index contributed by atoms with van der Waals surface area (Å²) in [4.78, 5) is 32.7. The number of carbonyl (C=O) groups excluding carboxylic acids is 1. The Labute approximate surface area is 164 Å². The lowest BCUT2D eigenvalue weighted by Gasteiger charge is -2.11. The molecule has 0 fully saturated rings. The van der Waals surface area contributed by atoms with E-state index in [1.54, 1.807) is 0 Å². The SMILES string of the molecule is CC.CCCOC(=O)CCCCCOc1cc([N+](=O)[O-])c(C(=O)O)cc1OC. The Bertz CT molecular complexity index is 645. The summed E-state index contributed by atoms with van der Waals surface area (Å²) >= 11 is 0. The van der Waals surface area contributed by atoms with Crippen LogP contribution in [0.4, 0.5) is 5.69 Å². The number of carbonyl (C=O) groups is 2. The van der Waals surface area contributed by atoms with Gasteiger partial charge in [-0.15, -0.1) is 0 Å². The lowest BCUT2D eigenvalue weighted by atomic mass is 10.1. The fraction of sp³-hybridized carbons (Fsp3) is 0.579. The molecule has 9 nitrogen and oxygen atoms in total. The third kappa shape index (κ3) is 8.70. The Balaban J connectivity index is 0.00000352. The van der Waals surface area contributed by atoms with E-state index in [2.05, 4.69) is 0 Å². The highest BCUT2D eigenvalue weighted by Gasteiger charge is 2.24. The molecule has 0 atom stereocenters. The molecular formula is C19H29NO8. The molecule has 1 N–H and O–H groups in total. The number of hydrogen-bond donors (Lipinski definition) is 1. The fourth-order valence-corrected chi connectivity index (χ4v) is 2.16.